The molecule has 2 aliphatic carbocycles. The Hall–Kier alpha value is -0.820. The fourth-order valence-electron chi connectivity index (χ4n) is 2.65. The summed E-state index contributed by atoms with van der Waals surface area (Å²) in [7, 11) is 0. The predicted molar refractivity (Wildman–Crippen MR) is 56.3 cm³/mol. The minimum Gasteiger partial charge on any atom is -0.388 e. The van der Waals surface area contributed by atoms with Gasteiger partial charge in [-0.25, -0.2) is 0 Å². The lowest BCUT2D eigenvalue weighted by Crippen LogP contribution is -2.04. The fraction of sp³-hybridized carbons (Fsp3) is 0.538. The third-order valence-electron chi connectivity index (χ3n) is 3.89. The van der Waals surface area contributed by atoms with E-state index in [4.69, 9.17) is 0 Å². The van der Waals surface area contributed by atoms with Gasteiger partial charge in [-0.2, -0.15) is 0 Å². The molecule has 1 N–H and O–H groups in total. The minimum atomic E-state index is -0.202. The monoisotopic (exact) mass is 188 g/mol. The Balaban J connectivity index is 2.14. The summed E-state index contributed by atoms with van der Waals surface area (Å²) >= 11 is 0. The molecule has 1 heteroatoms. The molecule has 0 saturated heterocycles. The lowest BCUT2D eigenvalue weighted by molar-refractivity contribution is 0.180. The van der Waals surface area contributed by atoms with Gasteiger partial charge in [-0.05, 0) is 47.8 Å². The molecule has 0 bridgehead atoms. The highest BCUT2D eigenvalue weighted by Crippen LogP contribution is 2.51. The molecule has 1 aromatic carbocycles. The van der Waals surface area contributed by atoms with E-state index in [1.54, 1.807) is 0 Å². The number of benzene rings is 1. The molecule has 0 aromatic heterocycles. The van der Waals surface area contributed by atoms with Crippen molar-refractivity contribution in [2.45, 2.75) is 44.1 Å². The van der Waals surface area contributed by atoms with Gasteiger partial charge < -0.3 is 5.11 Å². The Morgan fingerprint density at radius 1 is 1.36 bits per heavy atom. The third kappa shape index (κ3) is 1.05. The van der Waals surface area contributed by atoms with E-state index in [1.165, 1.54) is 29.5 Å². The van der Waals surface area contributed by atoms with Crippen molar-refractivity contribution >= 4 is 0 Å². The highest BCUT2D eigenvalue weighted by molar-refractivity contribution is 5.45. The molecule has 0 radical (unpaired) electrons. The molecule has 1 fully saturated rings. The molecule has 14 heavy (non-hydrogen) atoms. The fourth-order valence-corrected chi connectivity index (χ4v) is 2.65. The van der Waals surface area contributed by atoms with Crippen molar-refractivity contribution in [3.05, 3.63) is 34.9 Å². The summed E-state index contributed by atoms with van der Waals surface area (Å²) in [5.41, 5.74) is 4.58. The molecule has 0 heterocycles. The van der Waals surface area contributed by atoms with E-state index in [-0.39, 0.29) is 6.10 Å². The zero-order chi connectivity index (χ0) is 9.76. The van der Waals surface area contributed by atoms with Crippen molar-refractivity contribution in [2.24, 2.45) is 0 Å². The van der Waals surface area contributed by atoms with E-state index in [9.17, 15) is 5.11 Å². The Kier molecular flexibility index (Phi) is 1.58. The third-order valence-corrected chi connectivity index (χ3v) is 3.89. The summed E-state index contributed by atoms with van der Waals surface area (Å²) < 4.78 is 0. The van der Waals surface area contributed by atoms with E-state index in [1.807, 2.05) is 0 Å². The molecule has 2 aliphatic rings. The smallest absolute Gasteiger partial charge is 0.0796 e. The van der Waals surface area contributed by atoms with Crippen molar-refractivity contribution in [2.75, 3.05) is 0 Å². The van der Waals surface area contributed by atoms with Crippen LogP contribution < -0.4 is 0 Å². The van der Waals surface area contributed by atoms with Crippen molar-refractivity contribution in [1.29, 1.82) is 0 Å². The lowest BCUT2D eigenvalue weighted by Gasteiger charge is -2.14. The summed E-state index contributed by atoms with van der Waals surface area (Å²) in [4.78, 5) is 0. The van der Waals surface area contributed by atoms with Gasteiger partial charge in [0.05, 0.1) is 6.10 Å². The molecule has 1 saturated carbocycles. The topological polar surface area (TPSA) is 20.2 Å². The number of hydrogen-bond donors (Lipinski definition) is 1. The second-order valence-corrected chi connectivity index (χ2v) is 4.99. The van der Waals surface area contributed by atoms with Crippen LogP contribution >= 0.6 is 0 Å². The molecule has 1 nitrogen and oxygen atoms in total. The summed E-state index contributed by atoms with van der Waals surface area (Å²) in [5.74, 6) is 0. The van der Waals surface area contributed by atoms with Gasteiger partial charge in [0.2, 0.25) is 0 Å². The molecule has 1 aromatic rings. The molecule has 1 atom stereocenters. The number of rotatable bonds is 1. The van der Waals surface area contributed by atoms with E-state index in [0.29, 0.717) is 5.41 Å². The standard InChI is InChI=1S/C13H16O/c1-13(7-8-13)11-4-2-3-10-9(11)5-6-12(10)14/h2-4,12,14H,5-8H2,1H3. The summed E-state index contributed by atoms with van der Waals surface area (Å²) in [6.45, 7) is 2.34. The van der Waals surface area contributed by atoms with E-state index >= 15 is 0 Å². The normalized spacial score (nSPS) is 27.4. The maximum atomic E-state index is 9.79. The maximum absolute atomic E-state index is 9.79. The average Bonchev–Trinajstić information content (AvgIpc) is 2.83. The number of aliphatic hydroxyl groups excluding tert-OH is 1. The molecule has 0 amide bonds. The van der Waals surface area contributed by atoms with Crippen LogP contribution in [0.5, 0.6) is 0 Å². The van der Waals surface area contributed by atoms with Crippen LogP contribution in [0.4, 0.5) is 0 Å². The molecular formula is C13H16O. The van der Waals surface area contributed by atoms with Crippen molar-refractivity contribution in [3.8, 4) is 0 Å². The van der Waals surface area contributed by atoms with Gasteiger partial charge in [0.15, 0.2) is 0 Å². The van der Waals surface area contributed by atoms with E-state index in [0.717, 1.165) is 12.8 Å². The Morgan fingerprint density at radius 2 is 2.14 bits per heavy atom. The number of fused-ring (bicyclic) bond motifs is 1. The maximum Gasteiger partial charge on any atom is 0.0796 e. The van der Waals surface area contributed by atoms with E-state index in [2.05, 4.69) is 25.1 Å². The average molecular weight is 188 g/mol. The van der Waals surface area contributed by atoms with Gasteiger partial charge in [-0.3, -0.25) is 0 Å². The quantitative estimate of drug-likeness (QED) is 0.718. The number of aliphatic hydroxyl groups is 1. The lowest BCUT2D eigenvalue weighted by atomic mass is 9.91. The first kappa shape index (κ1) is 8.49. The Morgan fingerprint density at radius 3 is 2.86 bits per heavy atom. The van der Waals surface area contributed by atoms with Crippen LogP contribution in [0.15, 0.2) is 18.2 Å². The van der Waals surface area contributed by atoms with Crippen LogP contribution in [-0.4, -0.2) is 5.11 Å². The van der Waals surface area contributed by atoms with Gasteiger partial charge in [-0.15, -0.1) is 0 Å². The predicted octanol–water partition coefficient (Wildman–Crippen LogP) is 2.72. The first-order valence-electron chi connectivity index (χ1n) is 5.51. The van der Waals surface area contributed by atoms with E-state index < -0.39 is 0 Å². The summed E-state index contributed by atoms with van der Waals surface area (Å²) in [6, 6.07) is 6.44. The molecule has 1 unspecified atom stereocenters. The molecule has 0 spiro atoms. The summed E-state index contributed by atoms with van der Waals surface area (Å²) in [6.07, 6.45) is 4.43. The SMILES string of the molecule is CC1(c2cccc3c2CCC3O)CC1. The van der Waals surface area contributed by atoms with Gasteiger partial charge in [0.25, 0.3) is 0 Å². The van der Waals surface area contributed by atoms with Crippen molar-refractivity contribution < 1.29 is 5.11 Å². The molecule has 3 rings (SSSR count). The van der Waals surface area contributed by atoms with Gasteiger partial charge in [-0.1, -0.05) is 25.1 Å². The second-order valence-electron chi connectivity index (χ2n) is 4.99. The Labute approximate surface area is 84.8 Å². The molecule has 0 aliphatic heterocycles. The Bertz CT molecular complexity index is 377. The van der Waals surface area contributed by atoms with Crippen LogP contribution in [0, 0.1) is 0 Å². The van der Waals surface area contributed by atoms with Gasteiger partial charge >= 0.3 is 0 Å². The molecule has 74 valence electrons. The highest BCUT2D eigenvalue weighted by Gasteiger charge is 2.41. The zero-order valence-corrected chi connectivity index (χ0v) is 8.59. The second kappa shape index (κ2) is 2.60. The van der Waals surface area contributed by atoms with Crippen LogP contribution in [0.25, 0.3) is 0 Å². The zero-order valence-electron chi connectivity index (χ0n) is 8.59. The molecular weight excluding hydrogens is 172 g/mol. The van der Waals surface area contributed by atoms with Crippen molar-refractivity contribution in [3.63, 3.8) is 0 Å². The van der Waals surface area contributed by atoms with Gasteiger partial charge in [0.1, 0.15) is 0 Å². The first-order chi connectivity index (χ1) is 6.71. The highest BCUT2D eigenvalue weighted by atomic mass is 16.3. The number of hydrogen-bond acceptors (Lipinski definition) is 1. The van der Waals surface area contributed by atoms with Crippen LogP contribution in [0.2, 0.25) is 0 Å². The van der Waals surface area contributed by atoms with Crippen LogP contribution in [0.3, 0.4) is 0 Å². The minimum absolute atomic E-state index is 0.202. The van der Waals surface area contributed by atoms with Crippen LogP contribution in [-0.2, 0) is 11.8 Å². The largest absolute Gasteiger partial charge is 0.388 e. The van der Waals surface area contributed by atoms with Crippen molar-refractivity contribution in [1.82, 2.24) is 0 Å². The summed E-state index contributed by atoms with van der Waals surface area (Å²) in [5, 5.41) is 9.79. The van der Waals surface area contributed by atoms with Gasteiger partial charge in [0, 0.05) is 0 Å². The first-order valence-corrected chi connectivity index (χ1v) is 5.51. The van der Waals surface area contributed by atoms with Crippen LogP contribution in [0.1, 0.15) is 49.0 Å².